The van der Waals surface area contributed by atoms with Crippen molar-refractivity contribution in [1.82, 2.24) is 15.1 Å². The zero-order valence-corrected chi connectivity index (χ0v) is 16.3. The molecule has 1 aliphatic rings. The van der Waals surface area contributed by atoms with Crippen molar-refractivity contribution in [2.75, 3.05) is 42.1 Å². The van der Waals surface area contributed by atoms with Crippen molar-refractivity contribution in [3.05, 3.63) is 30.2 Å². The molecule has 1 N–H and O–H groups in total. The van der Waals surface area contributed by atoms with Gasteiger partial charge >= 0.3 is 0 Å². The molecule has 27 heavy (non-hydrogen) atoms. The summed E-state index contributed by atoms with van der Waals surface area (Å²) < 4.78 is 5.23. The number of thioether (sulfide) groups is 1. The summed E-state index contributed by atoms with van der Waals surface area (Å²) in [7, 11) is 0. The van der Waals surface area contributed by atoms with Gasteiger partial charge in [0.15, 0.2) is 0 Å². The monoisotopic (exact) mass is 389 g/mol. The van der Waals surface area contributed by atoms with E-state index < -0.39 is 0 Å². The van der Waals surface area contributed by atoms with Crippen molar-refractivity contribution in [3.63, 3.8) is 0 Å². The molecule has 0 atom stereocenters. The van der Waals surface area contributed by atoms with Crippen LogP contribution in [0.1, 0.15) is 19.2 Å². The van der Waals surface area contributed by atoms with Gasteiger partial charge in [0.05, 0.1) is 5.75 Å². The average molecular weight is 389 g/mol. The molecule has 0 radical (unpaired) electrons. The van der Waals surface area contributed by atoms with Gasteiger partial charge in [-0.2, -0.15) is 0 Å². The van der Waals surface area contributed by atoms with Gasteiger partial charge in [-0.15, -0.1) is 10.2 Å². The highest BCUT2D eigenvalue weighted by Crippen LogP contribution is 2.21. The molecule has 0 unspecified atom stereocenters. The number of hydrogen-bond acceptors (Lipinski definition) is 7. The fraction of sp³-hybridized carbons (Fsp3) is 0.444. The Morgan fingerprint density at radius 2 is 1.85 bits per heavy atom. The van der Waals surface area contributed by atoms with E-state index in [2.05, 4.69) is 20.4 Å². The minimum atomic E-state index is -0.129. The fourth-order valence-corrected chi connectivity index (χ4v) is 3.46. The lowest BCUT2D eigenvalue weighted by atomic mass is 10.2. The van der Waals surface area contributed by atoms with Crippen molar-refractivity contribution >= 4 is 35.0 Å². The van der Waals surface area contributed by atoms with Crippen molar-refractivity contribution in [2.45, 2.75) is 25.5 Å². The first-order valence-corrected chi connectivity index (χ1v) is 9.89. The molecular formula is C18H23N5O3S. The van der Waals surface area contributed by atoms with Gasteiger partial charge in [0.1, 0.15) is 0 Å². The van der Waals surface area contributed by atoms with Crippen molar-refractivity contribution < 1.29 is 14.0 Å². The van der Waals surface area contributed by atoms with Crippen LogP contribution in [0.25, 0.3) is 0 Å². The van der Waals surface area contributed by atoms with Gasteiger partial charge in [-0.25, -0.2) is 0 Å². The van der Waals surface area contributed by atoms with Gasteiger partial charge in [-0.1, -0.05) is 18.7 Å². The Labute approximate surface area is 162 Å². The van der Waals surface area contributed by atoms with Gasteiger partial charge in [0.25, 0.3) is 5.22 Å². The van der Waals surface area contributed by atoms with Crippen LogP contribution in [0.3, 0.4) is 0 Å². The maximum atomic E-state index is 12.0. The van der Waals surface area contributed by atoms with E-state index in [0.29, 0.717) is 17.5 Å². The lowest BCUT2D eigenvalue weighted by molar-refractivity contribution is -0.131. The minimum Gasteiger partial charge on any atom is -0.416 e. The largest absolute Gasteiger partial charge is 0.416 e. The number of nitrogens with one attached hydrogen (secondary N) is 1. The number of piperazine rings is 1. The predicted octanol–water partition coefficient (Wildman–Crippen LogP) is 2.17. The summed E-state index contributed by atoms with van der Waals surface area (Å²) in [6.45, 7) is 6.73. The highest BCUT2D eigenvalue weighted by molar-refractivity contribution is 7.99. The minimum absolute atomic E-state index is 0.129. The van der Waals surface area contributed by atoms with Crippen LogP contribution in [0, 0.1) is 6.92 Å². The smallest absolute Gasteiger partial charge is 0.277 e. The van der Waals surface area contributed by atoms with E-state index in [1.165, 1.54) is 11.8 Å². The molecule has 3 rings (SSSR count). The summed E-state index contributed by atoms with van der Waals surface area (Å²) in [4.78, 5) is 28.0. The second-order valence-electron chi connectivity index (χ2n) is 6.19. The van der Waals surface area contributed by atoms with E-state index in [-0.39, 0.29) is 17.6 Å². The molecule has 0 spiro atoms. The number of rotatable bonds is 6. The maximum absolute atomic E-state index is 12.0. The van der Waals surface area contributed by atoms with Crippen LogP contribution in [0.5, 0.6) is 0 Å². The molecule has 2 aromatic rings. The summed E-state index contributed by atoms with van der Waals surface area (Å²) in [5.74, 6) is 0.765. The molecule has 0 bridgehead atoms. The van der Waals surface area contributed by atoms with Crippen LogP contribution in [0.2, 0.25) is 0 Å². The second kappa shape index (κ2) is 8.90. The molecule has 1 aromatic heterocycles. The molecular weight excluding hydrogens is 366 g/mol. The Hall–Kier alpha value is -2.55. The molecule has 0 saturated carbocycles. The molecule has 2 heterocycles. The summed E-state index contributed by atoms with van der Waals surface area (Å²) in [6.07, 6.45) is 0.554. The second-order valence-corrected chi connectivity index (χ2v) is 7.12. The maximum Gasteiger partial charge on any atom is 0.277 e. The zero-order valence-electron chi connectivity index (χ0n) is 15.5. The van der Waals surface area contributed by atoms with Gasteiger partial charge in [-0.05, 0) is 24.3 Å². The van der Waals surface area contributed by atoms with Crippen molar-refractivity contribution in [2.24, 2.45) is 0 Å². The lowest BCUT2D eigenvalue weighted by Crippen LogP contribution is -2.48. The van der Waals surface area contributed by atoms with E-state index in [9.17, 15) is 9.59 Å². The quantitative estimate of drug-likeness (QED) is 0.757. The van der Waals surface area contributed by atoms with Crippen LogP contribution >= 0.6 is 11.8 Å². The molecule has 0 aliphatic carbocycles. The summed E-state index contributed by atoms with van der Waals surface area (Å²) >= 11 is 1.21. The zero-order chi connectivity index (χ0) is 19.2. The number of nitrogens with zero attached hydrogens (tertiary/aromatic N) is 4. The summed E-state index contributed by atoms with van der Waals surface area (Å²) in [6, 6.07) is 7.75. The first-order chi connectivity index (χ1) is 13.0. The van der Waals surface area contributed by atoms with Crippen LogP contribution in [0.4, 0.5) is 11.4 Å². The van der Waals surface area contributed by atoms with Gasteiger partial charge in [0.2, 0.25) is 17.7 Å². The Balaban J connectivity index is 1.47. The summed E-state index contributed by atoms with van der Waals surface area (Å²) in [5.41, 5.74) is 1.83. The number of amides is 2. The molecule has 1 saturated heterocycles. The fourth-order valence-electron chi connectivity index (χ4n) is 2.85. The number of anilines is 2. The highest BCUT2D eigenvalue weighted by atomic mass is 32.2. The van der Waals surface area contributed by atoms with Crippen molar-refractivity contribution in [3.8, 4) is 0 Å². The van der Waals surface area contributed by atoms with Gasteiger partial charge in [0, 0.05) is 50.9 Å². The third-order valence-corrected chi connectivity index (χ3v) is 5.10. The van der Waals surface area contributed by atoms with Gasteiger partial charge < -0.3 is 19.5 Å². The van der Waals surface area contributed by atoms with Crippen LogP contribution < -0.4 is 10.2 Å². The molecule has 1 fully saturated rings. The standard InChI is InChI=1S/C18H23N5O3S/c1-3-17(25)23-10-8-22(9-11-23)15-6-4-14(5-7-15)19-16(24)12-27-18-21-20-13(2)26-18/h4-7H,3,8-12H2,1-2H3,(H,19,24). The third kappa shape index (κ3) is 5.22. The first kappa shape index (κ1) is 19.2. The van der Waals surface area contributed by atoms with E-state index in [1.807, 2.05) is 36.1 Å². The Bertz CT molecular complexity index is 785. The first-order valence-electron chi connectivity index (χ1n) is 8.90. The molecule has 8 nitrogen and oxygen atoms in total. The van der Waals surface area contributed by atoms with Crippen molar-refractivity contribution in [1.29, 1.82) is 0 Å². The molecule has 1 aromatic carbocycles. The van der Waals surface area contributed by atoms with Crippen LogP contribution in [-0.2, 0) is 9.59 Å². The summed E-state index contributed by atoms with van der Waals surface area (Å²) in [5, 5.41) is 10.8. The number of aromatic nitrogens is 2. The molecule has 1 aliphatic heterocycles. The lowest BCUT2D eigenvalue weighted by Gasteiger charge is -2.36. The molecule has 144 valence electrons. The van der Waals surface area contributed by atoms with Crippen LogP contribution in [-0.4, -0.2) is 58.8 Å². The third-order valence-electron chi connectivity index (χ3n) is 4.29. The average Bonchev–Trinajstić information content (AvgIpc) is 3.12. The molecule has 2 amide bonds. The van der Waals surface area contributed by atoms with E-state index in [4.69, 9.17) is 4.42 Å². The van der Waals surface area contributed by atoms with E-state index in [1.54, 1.807) is 6.92 Å². The van der Waals surface area contributed by atoms with E-state index in [0.717, 1.165) is 37.6 Å². The van der Waals surface area contributed by atoms with E-state index >= 15 is 0 Å². The number of carbonyl (C=O) groups excluding carboxylic acids is 2. The Kier molecular flexibility index (Phi) is 6.33. The topological polar surface area (TPSA) is 91.6 Å². The predicted molar refractivity (Wildman–Crippen MR) is 104 cm³/mol. The number of aryl methyl sites for hydroxylation is 1. The molecule has 9 heteroatoms. The SMILES string of the molecule is CCC(=O)N1CCN(c2ccc(NC(=O)CSc3nnc(C)o3)cc2)CC1. The highest BCUT2D eigenvalue weighted by Gasteiger charge is 2.20. The Morgan fingerprint density at radius 3 is 2.44 bits per heavy atom. The van der Waals surface area contributed by atoms with Gasteiger partial charge in [-0.3, -0.25) is 9.59 Å². The number of carbonyl (C=O) groups is 2. The normalized spacial score (nSPS) is 14.3. The number of hydrogen-bond donors (Lipinski definition) is 1. The van der Waals surface area contributed by atoms with Crippen LogP contribution in [0.15, 0.2) is 33.9 Å². The number of benzene rings is 1. The Morgan fingerprint density at radius 1 is 1.15 bits per heavy atom.